The van der Waals surface area contributed by atoms with E-state index in [9.17, 15) is 9.59 Å². The van der Waals surface area contributed by atoms with Crippen molar-refractivity contribution in [2.75, 3.05) is 18.4 Å². The molecule has 2 heterocycles. The number of nitrogens with one attached hydrogen (secondary N) is 3. The predicted octanol–water partition coefficient (Wildman–Crippen LogP) is 1.80. The van der Waals surface area contributed by atoms with Crippen molar-refractivity contribution in [1.82, 2.24) is 15.8 Å². The van der Waals surface area contributed by atoms with Crippen LogP contribution in [0.2, 0.25) is 5.02 Å². The van der Waals surface area contributed by atoms with Crippen LogP contribution in [0.4, 0.5) is 5.82 Å². The highest BCUT2D eigenvalue weighted by Gasteiger charge is 2.37. The minimum atomic E-state index is -0.705. The molecule has 1 aliphatic heterocycles. The lowest BCUT2D eigenvalue weighted by atomic mass is 9.86. The fourth-order valence-electron chi connectivity index (χ4n) is 2.47. The molecule has 9 heteroatoms. The minimum Gasteiger partial charge on any atom is -0.355 e. The Labute approximate surface area is 151 Å². The Kier molecular flexibility index (Phi) is 7.62. The van der Waals surface area contributed by atoms with Crippen LogP contribution in [0.15, 0.2) is 18.3 Å². The number of piperidine rings is 1. The van der Waals surface area contributed by atoms with Crippen molar-refractivity contribution in [1.29, 1.82) is 0 Å². The average molecular weight is 375 g/mol. The lowest BCUT2D eigenvalue weighted by Crippen LogP contribution is -2.56. The molecule has 0 unspecified atom stereocenters. The predicted molar refractivity (Wildman–Crippen MR) is 94.6 cm³/mol. The molecule has 24 heavy (non-hydrogen) atoms. The first-order chi connectivity index (χ1) is 11.0. The molecule has 0 bridgehead atoms. The number of nitrogens with zero attached hydrogens (tertiary/aromatic N) is 1. The van der Waals surface area contributed by atoms with Gasteiger partial charge < -0.3 is 10.6 Å². The number of anilines is 1. The first kappa shape index (κ1) is 20.4. The number of hydroxylamine groups is 1. The topological polar surface area (TPSA) is 103 Å². The van der Waals surface area contributed by atoms with E-state index >= 15 is 0 Å². The van der Waals surface area contributed by atoms with E-state index in [2.05, 4.69) is 15.6 Å². The van der Waals surface area contributed by atoms with E-state index < -0.39 is 11.4 Å². The van der Waals surface area contributed by atoms with Crippen LogP contribution in [0.5, 0.6) is 0 Å². The monoisotopic (exact) mass is 374 g/mol. The Morgan fingerprint density at radius 3 is 2.79 bits per heavy atom. The molecule has 0 saturated carbocycles. The van der Waals surface area contributed by atoms with Crippen molar-refractivity contribution in [3.05, 3.63) is 28.9 Å². The Balaban J connectivity index is 0.00000288. The third-order valence-electron chi connectivity index (χ3n) is 3.82. The molecule has 0 radical (unpaired) electrons. The molecule has 1 atom stereocenters. The summed E-state index contributed by atoms with van der Waals surface area (Å²) in [4.78, 5) is 27.3. The summed E-state index contributed by atoms with van der Waals surface area (Å²) < 4.78 is 0. The summed E-state index contributed by atoms with van der Waals surface area (Å²) in [7, 11) is 0. The summed E-state index contributed by atoms with van der Waals surface area (Å²) in [5.41, 5.74) is 1.39. The number of halogens is 2. The first-order valence-corrected chi connectivity index (χ1v) is 7.62. The van der Waals surface area contributed by atoms with E-state index in [4.69, 9.17) is 16.8 Å². The SMILES string of the molecule is CC(=O)[C@@]1(Nc2ncc(/C=C/C(=O)NO)cc2Cl)CCCNC1.Cl. The lowest BCUT2D eigenvalue weighted by Gasteiger charge is -2.36. The van der Waals surface area contributed by atoms with Gasteiger partial charge in [0.15, 0.2) is 5.78 Å². The molecule has 0 aromatic carbocycles. The van der Waals surface area contributed by atoms with Gasteiger partial charge >= 0.3 is 0 Å². The molecule has 0 aliphatic carbocycles. The first-order valence-electron chi connectivity index (χ1n) is 7.24. The van der Waals surface area contributed by atoms with Gasteiger partial charge in [-0.05, 0) is 44.0 Å². The second-order valence-electron chi connectivity index (χ2n) is 5.45. The van der Waals surface area contributed by atoms with E-state index in [-0.39, 0.29) is 18.2 Å². The highest BCUT2D eigenvalue weighted by molar-refractivity contribution is 6.33. The van der Waals surface area contributed by atoms with Gasteiger partial charge in [0.05, 0.1) is 5.02 Å². The lowest BCUT2D eigenvalue weighted by molar-refractivity contribution is -0.124. The number of amides is 1. The molecule has 132 valence electrons. The summed E-state index contributed by atoms with van der Waals surface area (Å²) in [6, 6.07) is 1.63. The van der Waals surface area contributed by atoms with Gasteiger partial charge in [-0.15, -0.1) is 12.4 Å². The second kappa shape index (κ2) is 8.98. The van der Waals surface area contributed by atoms with Crippen molar-refractivity contribution in [2.24, 2.45) is 0 Å². The Morgan fingerprint density at radius 2 is 2.25 bits per heavy atom. The van der Waals surface area contributed by atoms with Crippen molar-refractivity contribution < 1.29 is 14.8 Å². The van der Waals surface area contributed by atoms with Crippen molar-refractivity contribution in [2.45, 2.75) is 25.3 Å². The van der Waals surface area contributed by atoms with Crippen LogP contribution in [-0.4, -0.2) is 40.5 Å². The molecule has 1 aliphatic rings. The fraction of sp³-hybridized carbons (Fsp3) is 0.400. The molecule has 1 aromatic rings. The van der Waals surface area contributed by atoms with Gasteiger partial charge in [0.2, 0.25) is 0 Å². The van der Waals surface area contributed by atoms with Gasteiger partial charge in [-0.2, -0.15) is 0 Å². The maximum Gasteiger partial charge on any atom is 0.267 e. The Bertz CT molecular complexity index is 631. The molecule has 1 aromatic heterocycles. The van der Waals surface area contributed by atoms with Crippen LogP contribution in [0.25, 0.3) is 6.08 Å². The number of ketones is 1. The fourth-order valence-corrected chi connectivity index (χ4v) is 2.69. The van der Waals surface area contributed by atoms with E-state index in [1.165, 1.54) is 17.8 Å². The number of Topliss-reactive ketones (excluding diaryl/α,β-unsaturated/α-hetero) is 1. The molecule has 7 nitrogen and oxygen atoms in total. The van der Waals surface area contributed by atoms with Crippen LogP contribution in [0, 0.1) is 0 Å². The molecule has 1 saturated heterocycles. The third kappa shape index (κ3) is 4.91. The van der Waals surface area contributed by atoms with Crippen LogP contribution < -0.4 is 16.1 Å². The summed E-state index contributed by atoms with van der Waals surface area (Å²) in [6.45, 7) is 2.96. The summed E-state index contributed by atoms with van der Waals surface area (Å²) in [6.07, 6.45) is 5.76. The molecule has 0 spiro atoms. The smallest absolute Gasteiger partial charge is 0.267 e. The van der Waals surface area contributed by atoms with Crippen LogP contribution in [0.1, 0.15) is 25.3 Å². The normalized spacial score (nSPS) is 20.3. The Hall–Kier alpha value is -1.67. The quantitative estimate of drug-likeness (QED) is 0.356. The zero-order chi connectivity index (χ0) is 16.9. The molecule has 1 fully saturated rings. The number of hydrogen-bond acceptors (Lipinski definition) is 6. The summed E-state index contributed by atoms with van der Waals surface area (Å²) in [5.74, 6) is -0.187. The van der Waals surface area contributed by atoms with E-state index in [1.807, 2.05) is 0 Å². The average Bonchev–Trinajstić information content (AvgIpc) is 2.55. The van der Waals surface area contributed by atoms with E-state index in [0.29, 0.717) is 29.4 Å². The standard InChI is InChI=1S/C15H19ClN4O3.ClH/c1-10(21)15(5-2-6-17-9-15)19-14-12(16)7-11(8-18-14)3-4-13(22)20-23;/h3-4,7-8,17,23H,2,5-6,9H2,1H3,(H,18,19)(H,20,22);1H/b4-3+;/t15-;/m1./s1. The molecular weight excluding hydrogens is 355 g/mol. The van der Waals surface area contributed by atoms with Crippen molar-refractivity contribution in [3.8, 4) is 0 Å². The summed E-state index contributed by atoms with van der Waals surface area (Å²) in [5, 5.41) is 15.2. The number of carbonyl (C=O) groups is 2. The molecule has 2 rings (SSSR count). The summed E-state index contributed by atoms with van der Waals surface area (Å²) >= 11 is 6.22. The van der Waals surface area contributed by atoms with Crippen LogP contribution >= 0.6 is 24.0 Å². The van der Waals surface area contributed by atoms with Gasteiger partial charge in [0, 0.05) is 18.8 Å². The second-order valence-corrected chi connectivity index (χ2v) is 5.86. The van der Waals surface area contributed by atoms with Crippen LogP contribution in [-0.2, 0) is 9.59 Å². The number of rotatable bonds is 5. The van der Waals surface area contributed by atoms with E-state index in [1.54, 1.807) is 13.0 Å². The van der Waals surface area contributed by atoms with Gasteiger partial charge in [-0.1, -0.05) is 11.6 Å². The van der Waals surface area contributed by atoms with Gasteiger partial charge in [-0.25, -0.2) is 10.5 Å². The number of aromatic nitrogens is 1. The number of hydrogen-bond donors (Lipinski definition) is 4. The third-order valence-corrected chi connectivity index (χ3v) is 4.10. The maximum atomic E-state index is 12.1. The maximum absolute atomic E-state index is 12.1. The zero-order valence-electron chi connectivity index (χ0n) is 13.1. The highest BCUT2D eigenvalue weighted by atomic mass is 35.5. The molecule has 4 N–H and O–H groups in total. The van der Waals surface area contributed by atoms with Crippen molar-refractivity contribution >= 4 is 47.6 Å². The highest BCUT2D eigenvalue weighted by Crippen LogP contribution is 2.28. The van der Waals surface area contributed by atoms with Gasteiger partial charge in [0.1, 0.15) is 11.4 Å². The van der Waals surface area contributed by atoms with Crippen LogP contribution in [0.3, 0.4) is 0 Å². The Morgan fingerprint density at radius 1 is 1.50 bits per heavy atom. The van der Waals surface area contributed by atoms with Gasteiger partial charge in [-0.3, -0.25) is 14.8 Å². The number of carbonyl (C=O) groups excluding carboxylic acids is 2. The van der Waals surface area contributed by atoms with Crippen molar-refractivity contribution in [3.63, 3.8) is 0 Å². The largest absolute Gasteiger partial charge is 0.355 e. The molecule has 1 amide bonds. The minimum absolute atomic E-state index is 0. The van der Waals surface area contributed by atoms with Gasteiger partial charge in [0.25, 0.3) is 5.91 Å². The number of pyridine rings is 1. The van der Waals surface area contributed by atoms with E-state index in [0.717, 1.165) is 19.0 Å². The molecular formula is C15H20Cl2N4O3. The zero-order valence-corrected chi connectivity index (χ0v) is 14.7.